The summed E-state index contributed by atoms with van der Waals surface area (Å²) in [5, 5.41) is 5.14. The van der Waals surface area contributed by atoms with Gasteiger partial charge in [-0.3, -0.25) is 0 Å². The Balaban J connectivity index is 1.08. The van der Waals surface area contributed by atoms with Crippen LogP contribution in [0.15, 0.2) is 176 Å². The third kappa shape index (κ3) is 4.90. The SMILES string of the molecule is CC1(C)c2ccccc2-c2ccc(N(c3ccc(-c4cccc(-c5ccc6ccccc6c5)c4)cc3)c3ccc4sc5ccccc5c4c3)cc21. The van der Waals surface area contributed by atoms with Crippen molar-refractivity contribution in [2.45, 2.75) is 19.3 Å². The number of hydrogen-bond donors (Lipinski definition) is 0. The second-order valence-electron chi connectivity index (χ2n) is 14.2. The number of fused-ring (bicyclic) bond motifs is 7. The van der Waals surface area contributed by atoms with Crippen LogP contribution in [0.25, 0.3) is 64.3 Å². The fraction of sp³-hybridized carbons (Fsp3) is 0.0612. The molecule has 10 rings (SSSR count). The third-order valence-electron chi connectivity index (χ3n) is 10.8. The largest absolute Gasteiger partial charge is 0.310 e. The van der Waals surface area contributed by atoms with Crippen molar-refractivity contribution in [3.63, 3.8) is 0 Å². The second kappa shape index (κ2) is 11.6. The molecule has 0 fully saturated rings. The fourth-order valence-electron chi connectivity index (χ4n) is 8.18. The van der Waals surface area contributed by atoms with E-state index in [9.17, 15) is 0 Å². The average Bonchev–Trinajstić information content (AvgIpc) is 3.66. The lowest BCUT2D eigenvalue weighted by molar-refractivity contribution is 0.660. The molecule has 1 aliphatic carbocycles. The van der Waals surface area contributed by atoms with Crippen LogP contribution in [-0.4, -0.2) is 0 Å². The minimum atomic E-state index is -0.0823. The summed E-state index contributed by atoms with van der Waals surface area (Å²) in [5.41, 5.74) is 13.7. The molecule has 1 nitrogen and oxygen atoms in total. The van der Waals surface area contributed by atoms with Gasteiger partial charge in [0, 0.05) is 42.6 Å². The normalized spacial score (nSPS) is 13.1. The van der Waals surface area contributed by atoms with Crippen molar-refractivity contribution in [1.82, 2.24) is 0 Å². The number of benzene rings is 8. The summed E-state index contributed by atoms with van der Waals surface area (Å²) >= 11 is 1.86. The maximum atomic E-state index is 2.43. The minimum absolute atomic E-state index is 0.0823. The number of thiophene rings is 1. The molecule has 9 aromatic rings. The molecule has 8 aromatic carbocycles. The monoisotopic (exact) mass is 669 g/mol. The molecule has 1 aromatic heterocycles. The van der Waals surface area contributed by atoms with Crippen LogP contribution >= 0.6 is 11.3 Å². The molecule has 0 amide bonds. The van der Waals surface area contributed by atoms with Crippen molar-refractivity contribution >= 4 is 59.3 Å². The lowest BCUT2D eigenvalue weighted by atomic mass is 9.82. The van der Waals surface area contributed by atoms with E-state index in [1.54, 1.807) is 0 Å². The highest BCUT2D eigenvalue weighted by Crippen LogP contribution is 2.51. The van der Waals surface area contributed by atoms with E-state index in [2.05, 4.69) is 195 Å². The Morgan fingerprint density at radius 3 is 1.90 bits per heavy atom. The van der Waals surface area contributed by atoms with Gasteiger partial charge in [-0.05, 0) is 116 Å². The van der Waals surface area contributed by atoms with Crippen molar-refractivity contribution in [2.75, 3.05) is 4.90 Å². The van der Waals surface area contributed by atoms with Gasteiger partial charge in [-0.1, -0.05) is 129 Å². The van der Waals surface area contributed by atoms with Gasteiger partial charge < -0.3 is 4.90 Å². The highest BCUT2D eigenvalue weighted by Gasteiger charge is 2.35. The van der Waals surface area contributed by atoms with Gasteiger partial charge in [-0.15, -0.1) is 11.3 Å². The van der Waals surface area contributed by atoms with Crippen LogP contribution in [0.2, 0.25) is 0 Å². The topological polar surface area (TPSA) is 3.24 Å². The van der Waals surface area contributed by atoms with E-state index < -0.39 is 0 Å². The van der Waals surface area contributed by atoms with E-state index in [-0.39, 0.29) is 5.41 Å². The van der Waals surface area contributed by atoms with Crippen LogP contribution in [0, 0.1) is 0 Å². The highest BCUT2D eigenvalue weighted by molar-refractivity contribution is 7.25. The maximum absolute atomic E-state index is 2.43. The van der Waals surface area contributed by atoms with E-state index >= 15 is 0 Å². The van der Waals surface area contributed by atoms with Crippen molar-refractivity contribution in [3.8, 4) is 33.4 Å². The summed E-state index contributed by atoms with van der Waals surface area (Å²) in [6.07, 6.45) is 0. The molecule has 0 spiro atoms. The Labute approximate surface area is 302 Å². The molecule has 0 bridgehead atoms. The molecule has 1 aliphatic rings. The zero-order valence-electron chi connectivity index (χ0n) is 28.6. The first-order chi connectivity index (χ1) is 25.0. The number of hydrogen-bond acceptors (Lipinski definition) is 2. The first kappa shape index (κ1) is 29.9. The zero-order valence-corrected chi connectivity index (χ0v) is 29.4. The van der Waals surface area contributed by atoms with Crippen molar-refractivity contribution in [2.24, 2.45) is 0 Å². The second-order valence-corrected chi connectivity index (χ2v) is 15.3. The summed E-state index contributed by atoms with van der Waals surface area (Å²) in [4.78, 5) is 2.43. The van der Waals surface area contributed by atoms with Gasteiger partial charge in [0.05, 0.1) is 0 Å². The van der Waals surface area contributed by atoms with Gasteiger partial charge in [-0.25, -0.2) is 0 Å². The highest BCUT2D eigenvalue weighted by atomic mass is 32.1. The molecule has 0 saturated carbocycles. The van der Waals surface area contributed by atoms with E-state index in [1.807, 2.05) is 11.3 Å². The van der Waals surface area contributed by atoms with Gasteiger partial charge in [-0.2, -0.15) is 0 Å². The van der Waals surface area contributed by atoms with Crippen molar-refractivity contribution < 1.29 is 0 Å². The molecule has 51 heavy (non-hydrogen) atoms. The quantitative estimate of drug-likeness (QED) is 0.176. The maximum Gasteiger partial charge on any atom is 0.0468 e. The lowest BCUT2D eigenvalue weighted by Gasteiger charge is -2.28. The molecule has 0 aliphatic heterocycles. The van der Waals surface area contributed by atoms with Gasteiger partial charge >= 0.3 is 0 Å². The minimum Gasteiger partial charge on any atom is -0.310 e. The van der Waals surface area contributed by atoms with E-state index in [4.69, 9.17) is 0 Å². The van der Waals surface area contributed by atoms with Crippen LogP contribution < -0.4 is 4.90 Å². The Morgan fingerprint density at radius 1 is 0.392 bits per heavy atom. The summed E-state index contributed by atoms with van der Waals surface area (Å²) in [6, 6.07) is 64.9. The molecular weight excluding hydrogens is 635 g/mol. The number of rotatable bonds is 5. The molecule has 0 atom stereocenters. The van der Waals surface area contributed by atoms with Crippen LogP contribution in [-0.2, 0) is 5.41 Å². The lowest BCUT2D eigenvalue weighted by Crippen LogP contribution is -2.16. The summed E-state index contributed by atoms with van der Waals surface area (Å²) in [5.74, 6) is 0. The first-order valence-electron chi connectivity index (χ1n) is 17.7. The summed E-state index contributed by atoms with van der Waals surface area (Å²) in [6.45, 7) is 4.71. The van der Waals surface area contributed by atoms with Gasteiger partial charge in [0.25, 0.3) is 0 Å². The predicted molar refractivity (Wildman–Crippen MR) is 220 cm³/mol. The fourth-order valence-corrected chi connectivity index (χ4v) is 9.27. The molecule has 0 saturated heterocycles. The molecule has 242 valence electrons. The molecular formula is C49H35NS. The van der Waals surface area contributed by atoms with Crippen LogP contribution in [0.1, 0.15) is 25.0 Å². The smallest absolute Gasteiger partial charge is 0.0468 e. The van der Waals surface area contributed by atoms with Crippen LogP contribution in [0.4, 0.5) is 17.1 Å². The molecule has 0 radical (unpaired) electrons. The number of nitrogens with zero attached hydrogens (tertiary/aromatic N) is 1. The Morgan fingerprint density at radius 2 is 1.02 bits per heavy atom. The molecule has 0 N–H and O–H groups in total. The van der Waals surface area contributed by atoms with Crippen LogP contribution in [0.3, 0.4) is 0 Å². The Kier molecular flexibility index (Phi) is 6.78. The Bertz CT molecular complexity index is 2780. The van der Waals surface area contributed by atoms with Gasteiger partial charge in [0.1, 0.15) is 0 Å². The standard InChI is InChI=1S/C49H35NS/c1-49(2)45-16-7-5-14-41(45)42-26-24-40(31-46(42)49)50(39-25-27-48-44(30-39)43-15-6-8-17-47(43)51-48)38-22-20-33(21-23-38)35-12-9-13-36(28-35)37-19-18-32-10-3-4-11-34(32)29-37/h3-31H,1-2H3. The van der Waals surface area contributed by atoms with E-state index in [0.29, 0.717) is 0 Å². The summed E-state index contributed by atoms with van der Waals surface area (Å²) in [7, 11) is 0. The molecule has 0 unspecified atom stereocenters. The van der Waals surface area contributed by atoms with Gasteiger partial charge in [0.15, 0.2) is 0 Å². The first-order valence-corrected chi connectivity index (χ1v) is 18.5. The van der Waals surface area contributed by atoms with Crippen molar-refractivity contribution in [1.29, 1.82) is 0 Å². The zero-order chi connectivity index (χ0) is 34.1. The summed E-state index contributed by atoms with van der Waals surface area (Å²) < 4.78 is 2.63. The molecule has 1 heterocycles. The predicted octanol–water partition coefficient (Wildman–Crippen LogP) is 14.3. The van der Waals surface area contributed by atoms with E-state index in [0.717, 1.165) is 11.4 Å². The number of anilines is 3. The van der Waals surface area contributed by atoms with Crippen LogP contribution in [0.5, 0.6) is 0 Å². The average molecular weight is 670 g/mol. The van der Waals surface area contributed by atoms with Gasteiger partial charge in [0.2, 0.25) is 0 Å². The van der Waals surface area contributed by atoms with E-state index in [1.165, 1.54) is 81.1 Å². The third-order valence-corrected chi connectivity index (χ3v) is 12.0. The Hall–Kier alpha value is -5.96. The molecule has 2 heteroatoms. The van der Waals surface area contributed by atoms with Crippen molar-refractivity contribution in [3.05, 3.63) is 187 Å².